The average molecular weight is 616 g/mol. The molecule has 0 saturated carbocycles. The zero-order valence-corrected chi connectivity index (χ0v) is 26.2. The Hall–Kier alpha value is -3.27. The quantitative estimate of drug-likeness (QED) is 0.347. The maximum Gasteiger partial charge on any atom is 0.318 e. The van der Waals surface area contributed by atoms with E-state index in [2.05, 4.69) is 26.6 Å². The van der Waals surface area contributed by atoms with E-state index in [1.165, 1.54) is 5.56 Å². The van der Waals surface area contributed by atoms with Gasteiger partial charge in [0.1, 0.15) is 11.8 Å². The molecule has 226 valence electrons. The van der Waals surface area contributed by atoms with Crippen LogP contribution >= 0.6 is 23.2 Å². The predicted octanol–water partition coefficient (Wildman–Crippen LogP) is 4.64. The van der Waals surface area contributed by atoms with Gasteiger partial charge >= 0.3 is 6.03 Å². The molecule has 2 heterocycles. The maximum atomic E-state index is 13.5. The van der Waals surface area contributed by atoms with Crippen molar-refractivity contribution in [3.05, 3.63) is 81.9 Å². The molecule has 2 N–H and O–H groups in total. The molecule has 2 aromatic carbocycles. The van der Waals surface area contributed by atoms with Crippen LogP contribution < -0.4 is 15.4 Å². The van der Waals surface area contributed by atoms with E-state index in [-0.39, 0.29) is 11.9 Å². The summed E-state index contributed by atoms with van der Waals surface area (Å²) in [5, 5.41) is 7.12. The van der Waals surface area contributed by atoms with E-state index in [0.717, 1.165) is 30.0 Å². The van der Waals surface area contributed by atoms with Gasteiger partial charge in [0.25, 0.3) is 0 Å². The lowest BCUT2D eigenvalue weighted by atomic mass is 10.1. The van der Waals surface area contributed by atoms with Crippen molar-refractivity contribution < 1.29 is 14.3 Å². The summed E-state index contributed by atoms with van der Waals surface area (Å²) in [6, 6.07) is 12.7. The molecule has 1 aliphatic heterocycles. The maximum absolute atomic E-state index is 13.5. The van der Waals surface area contributed by atoms with Crippen LogP contribution in [0.2, 0.25) is 10.0 Å². The number of imidazole rings is 1. The van der Waals surface area contributed by atoms with Gasteiger partial charge in [0, 0.05) is 63.1 Å². The van der Waals surface area contributed by atoms with Gasteiger partial charge in [0.15, 0.2) is 0 Å². The first-order chi connectivity index (χ1) is 20.0. The number of amides is 3. The van der Waals surface area contributed by atoms with Crippen LogP contribution in [0, 0.1) is 0 Å². The number of benzene rings is 2. The fraction of sp³-hybridized carbons (Fsp3) is 0.452. The van der Waals surface area contributed by atoms with Crippen LogP contribution in [0.15, 0.2) is 55.0 Å². The molecule has 0 spiro atoms. The number of halogens is 2. The molecule has 3 aromatic rings. The van der Waals surface area contributed by atoms with Crippen LogP contribution in [0.3, 0.4) is 0 Å². The summed E-state index contributed by atoms with van der Waals surface area (Å²) in [6.45, 7) is 9.21. The van der Waals surface area contributed by atoms with Crippen LogP contribution in [0.25, 0.3) is 0 Å². The molecule has 11 heteroatoms. The summed E-state index contributed by atoms with van der Waals surface area (Å²) in [7, 11) is 1.66. The first kappa shape index (κ1) is 31.7. The van der Waals surface area contributed by atoms with Crippen LogP contribution in [0.4, 0.5) is 4.79 Å². The molecule has 4 rings (SSSR count). The number of urea groups is 1. The first-order valence-electron chi connectivity index (χ1n) is 14.2. The number of hydrogen-bond acceptors (Lipinski definition) is 5. The summed E-state index contributed by atoms with van der Waals surface area (Å²) < 4.78 is 7.38. The van der Waals surface area contributed by atoms with Gasteiger partial charge in [-0.15, -0.1) is 0 Å². The minimum Gasteiger partial charge on any atom is -0.497 e. The van der Waals surface area contributed by atoms with Crippen molar-refractivity contribution >= 4 is 35.1 Å². The Bertz CT molecular complexity index is 1370. The Balaban J connectivity index is 1.38. The van der Waals surface area contributed by atoms with Crippen molar-refractivity contribution in [2.45, 2.75) is 51.7 Å². The molecular formula is C31H40Cl2N6O3. The largest absolute Gasteiger partial charge is 0.497 e. The van der Waals surface area contributed by atoms with Crippen LogP contribution in [0.5, 0.6) is 5.75 Å². The number of nitrogens with zero attached hydrogens (tertiary/aromatic N) is 4. The van der Waals surface area contributed by atoms with Crippen molar-refractivity contribution in [2.75, 3.05) is 39.8 Å². The molecule has 1 aliphatic rings. The highest BCUT2D eigenvalue weighted by Gasteiger charge is 2.36. The monoisotopic (exact) mass is 614 g/mol. The Morgan fingerprint density at radius 3 is 2.60 bits per heavy atom. The standard InChI is InChI=1S/C31H40Cl2N6O3/c1-31(2,3)36-30(41)39-15-14-37(13-11-22-6-5-7-25(16-22)42-4)20-28(39)29(40)35-12-10-24-18-34-21-38(24)19-23-8-9-26(32)27(33)17-23/h5-9,16-18,21,28H,10-15,19-20H2,1-4H3,(H,35,40)(H,36,41). The molecule has 1 saturated heterocycles. The summed E-state index contributed by atoms with van der Waals surface area (Å²) in [6.07, 6.45) is 4.98. The molecule has 0 bridgehead atoms. The van der Waals surface area contributed by atoms with Gasteiger partial charge in [-0.25, -0.2) is 9.78 Å². The van der Waals surface area contributed by atoms with E-state index < -0.39 is 11.6 Å². The second-order valence-electron chi connectivity index (χ2n) is 11.6. The van der Waals surface area contributed by atoms with Gasteiger partial charge in [0.05, 0.1) is 23.5 Å². The molecule has 0 radical (unpaired) electrons. The average Bonchev–Trinajstić information content (AvgIpc) is 3.39. The van der Waals surface area contributed by atoms with Gasteiger partial charge in [-0.2, -0.15) is 0 Å². The SMILES string of the molecule is COc1cccc(CCN2CCN(C(=O)NC(C)(C)C)C(C(=O)NCCc3cncn3Cc3ccc(Cl)c(Cl)c3)C2)c1. The number of carbonyl (C=O) groups is 2. The van der Waals surface area contributed by atoms with Gasteiger partial charge in [0.2, 0.25) is 5.91 Å². The zero-order valence-electron chi connectivity index (χ0n) is 24.7. The number of methoxy groups -OCH3 is 1. The van der Waals surface area contributed by atoms with Crippen molar-refractivity contribution in [3.63, 3.8) is 0 Å². The van der Waals surface area contributed by atoms with E-state index in [1.54, 1.807) is 30.6 Å². The highest BCUT2D eigenvalue weighted by Crippen LogP contribution is 2.23. The minimum absolute atomic E-state index is 0.166. The van der Waals surface area contributed by atoms with E-state index in [9.17, 15) is 9.59 Å². The highest BCUT2D eigenvalue weighted by atomic mass is 35.5. The third kappa shape index (κ3) is 8.86. The molecule has 1 aromatic heterocycles. The number of rotatable bonds is 10. The Labute approximate surface area is 258 Å². The third-order valence-corrected chi connectivity index (χ3v) is 7.92. The third-order valence-electron chi connectivity index (χ3n) is 7.18. The highest BCUT2D eigenvalue weighted by molar-refractivity contribution is 6.42. The second kappa shape index (κ2) is 14.3. The number of hydrogen-bond donors (Lipinski definition) is 2. The molecular weight excluding hydrogens is 575 g/mol. The van der Waals surface area contributed by atoms with Crippen LogP contribution in [0.1, 0.15) is 37.6 Å². The number of aromatic nitrogens is 2. The molecule has 1 atom stereocenters. The van der Waals surface area contributed by atoms with E-state index in [0.29, 0.717) is 49.2 Å². The fourth-order valence-electron chi connectivity index (χ4n) is 4.98. The topological polar surface area (TPSA) is 91.7 Å². The number of nitrogens with one attached hydrogen (secondary N) is 2. The number of ether oxygens (including phenoxy) is 1. The molecule has 42 heavy (non-hydrogen) atoms. The summed E-state index contributed by atoms with van der Waals surface area (Å²) in [5.41, 5.74) is 2.74. The van der Waals surface area contributed by atoms with E-state index in [1.807, 2.05) is 55.7 Å². The first-order valence-corrected chi connectivity index (χ1v) is 14.9. The lowest BCUT2D eigenvalue weighted by molar-refractivity contribution is -0.127. The Morgan fingerprint density at radius 1 is 1.05 bits per heavy atom. The van der Waals surface area contributed by atoms with Crippen molar-refractivity contribution in [2.24, 2.45) is 0 Å². The summed E-state index contributed by atoms with van der Waals surface area (Å²) >= 11 is 12.2. The van der Waals surface area contributed by atoms with E-state index in [4.69, 9.17) is 27.9 Å². The van der Waals surface area contributed by atoms with Gasteiger partial charge in [-0.3, -0.25) is 9.69 Å². The molecule has 9 nitrogen and oxygen atoms in total. The smallest absolute Gasteiger partial charge is 0.318 e. The van der Waals surface area contributed by atoms with Gasteiger partial charge in [-0.05, 0) is 62.6 Å². The Morgan fingerprint density at radius 2 is 1.86 bits per heavy atom. The number of carbonyl (C=O) groups excluding carboxylic acids is 2. The lowest BCUT2D eigenvalue weighted by Gasteiger charge is -2.41. The predicted molar refractivity (Wildman–Crippen MR) is 166 cm³/mol. The molecule has 0 aliphatic carbocycles. The van der Waals surface area contributed by atoms with Gasteiger partial charge < -0.3 is 24.8 Å². The fourth-order valence-corrected chi connectivity index (χ4v) is 5.30. The van der Waals surface area contributed by atoms with Crippen molar-refractivity contribution in [1.82, 2.24) is 30.0 Å². The van der Waals surface area contributed by atoms with Crippen molar-refractivity contribution in [3.8, 4) is 5.75 Å². The van der Waals surface area contributed by atoms with E-state index >= 15 is 0 Å². The zero-order chi connectivity index (χ0) is 30.3. The van der Waals surface area contributed by atoms with Crippen LogP contribution in [-0.2, 0) is 24.2 Å². The molecule has 1 fully saturated rings. The summed E-state index contributed by atoms with van der Waals surface area (Å²) in [4.78, 5) is 34.9. The molecule has 3 amide bonds. The Kier molecular flexibility index (Phi) is 10.8. The molecule has 1 unspecified atom stereocenters. The second-order valence-corrected chi connectivity index (χ2v) is 12.4. The lowest BCUT2D eigenvalue weighted by Crippen LogP contribution is -2.64. The van der Waals surface area contributed by atoms with Gasteiger partial charge in [-0.1, -0.05) is 41.4 Å². The minimum atomic E-state index is -0.604. The van der Waals surface area contributed by atoms with Crippen molar-refractivity contribution in [1.29, 1.82) is 0 Å². The number of piperazine rings is 1. The van der Waals surface area contributed by atoms with Crippen LogP contribution in [-0.4, -0.2) is 82.7 Å². The normalized spacial score (nSPS) is 15.9. The summed E-state index contributed by atoms with van der Waals surface area (Å²) in [5.74, 6) is 0.660.